The smallest absolute Gasteiger partial charge is 0.395 e. The van der Waals surface area contributed by atoms with Gasteiger partial charge in [-0.25, -0.2) is 4.79 Å². The van der Waals surface area contributed by atoms with Gasteiger partial charge in [0, 0.05) is 12.5 Å². The van der Waals surface area contributed by atoms with Crippen LogP contribution >= 0.6 is 8.20 Å². The van der Waals surface area contributed by atoms with Crippen LogP contribution in [0.15, 0.2) is 37.4 Å². The lowest BCUT2D eigenvalue weighted by Gasteiger charge is -2.35. The van der Waals surface area contributed by atoms with E-state index in [4.69, 9.17) is 13.6 Å². The Morgan fingerprint density at radius 1 is 1.00 bits per heavy atom. The predicted octanol–water partition coefficient (Wildman–Crippen LogP) is 8.18. The molecule has 0 aromatic carbocycles. The van der Waals surface area contributed by atoms with Crippen LogP contribution in [0.3, 0.4) is 0 Å². The monoisotopic (exact) mass is 478 g/mol. The first-order valence-electron chi connectivity index (χ1n) is 12.0. The highest BCUT2D eigenvalue weighted by molar-refractivity contribution is 7.39. The molecule has 0 amide bonds. The topological polar surface area (TPSA) is 52.6 Å². The molecule has 0 unspecified atom stereocenters. The summed E-state index contributed by atoms with van der Waals surface area (Å²) >= 11 is 0. The van der Waals surface area contributed by atoms with Gasteiger partial charge in [-0.3, -0.25) is 0 Å². The van der Waals surface area contributed by atoms with Gasteiger partial charge in [-0.15, -0.1) is 8.20 Å². The van der Waals surface area contributed by atoms with Crippen LogP contribution in [-0.4, -0.2) is 19.1 Å². The van der Waals surface area contributed by atoms with Gasteiger partial charge in [0.15, 0.2) is 11.5 Å². The van der Waals surface area contributed by atoms with Gasteiger partial charge < -0.3 is 13.6 Å². The highest BCUT2D eigenvalue weighted by atomic mass is 31.1. The molecule has 0 spiro atoms. The highest BCUT2D eigenvalue weighted by Crippen LogP contribution is 2.43. The quantitative estimate of drug-likeness (QED) is 0.212. The van der Waals surface area contributed by atoms with Crippen molar-refractivity contribution in [1.82, 2.24) is 0 Å². The van der Waals surface area contributed by atoms with E-state index in [1.165, 1.54) is 26.6 Å². The van der Waals surface area contributed by atoms with Crippen LogP contribution in [0.25, 0.3) is 0 Å². The minimum absolute atomic E-state index is 0.136. The summed E-state index contributed by atoms with van der Waals surface area (Å²) in [6, 6.07) is 0. The first-order valence-corrected chi connectivity index (χ1v) is 13.2. The SMILES string of the molecule is CC=CC=C(C=PCC(C)(C)CC(C)(C)CC)C(C)(C)CC(C)(C)c1oc(=O)oc1COC. The van der Waals surface area contributed by atoms with Crippen molar-refractivity contribution in [1.29, 1.82) is 0 Å². The maximum atomic E-state index is 11.8. The standard InChI is InChI=1S/C28H47O4P/c1-12-14-15-21(17-33-20-26(5,6)18-25(3,4)13-2)27(7,8)19-28(9,10)23-22(16-30-11)31-24(29)32-23/h12,14-15,17H,13,16,18-20H2,1-11H3. The summed E-state index contributed by atoms with van der Waals surface area (Å²) < 4.78 is 15.9. The average molecular weight is 479 g/mol. The maximum Gasteiger partial charge on any atom is 0.519 e. The Bertz CT molecular complexity index is 891. The molecule has 188 valence electrons. The maximum absolute atomic E-state index is 11.8. The van der Waals surface area contributed by atoms with Gasteiger partial charge in [-0.2, -0.15) is 0 Å². The van der Waals surface area contributed by atoms with Crippen molar-refractivity contribution < 1.29 is 13.6 Å². The van der Waals surface area contributed by atoms with Crippen molar-refractivity contribution in [3.63, 3.8) is 0 Å². The molecule has 1 aromatic rings. The molecule has 1 rings (SSSR count). The third-order valence-electron chi connectivity index (χ3n) is 6.33. The van der Waals surface area contributed by atoms with Crippen molar-refractivity contribution in [2.24, 2.45) is 16.2 Å². The average Bonchev–Trinajstić information content (AvgIpc) is 3.04. The van der Waals surface area contributed by atoms with Gasteiger partial charge in [0.2, 0.25) is 0 Å². The molecule has 0 fully saturated rings. The second kappa shape index (κ2) is 11.8. The zero-order chi connectivity index (χ0) is 25.5. The van der Waals surface area contributed by atoms with Gasteiger partial charge in [0.1, 0.15) is 6.61 Å². The van der Waals surface area contributed by atoms with Crippen molar-refractivity contribution in [2.75, 3.05) is 13.3 Å². The summed E-state index contributed by atoms with van der Waals surface area (Å²) in [6.07, 6.45) is 10.7. The van der Waals surface area contributed by atoms with Crippen molar-refractivity contribution in [2.45, 2.75) is 101 Å². The largest absolute Gasteiger partial charge is 0.519 e. The Morgan fingerprint density at radius 3 is 2.18 bits per heavy atom. The van der Waals surface area contributed by atoms with Crippen LogP contribution in [0, 0.1) is 16.2 Å². The summed E-state index contributed by atoms with van der Waals surface area (Å²) in [5.41, 5.74) is 1.40. The molecule has 1 heterocycles. The second-order valence-electron chi connectivity index (χ2n) is 12.1. The predicted molar refractivity (Wildman–Crippen MR) is 143 cm³/mol. The Hall–Kier alpha value is -1.38. The summed E-state index contributed by atoms with van der Waals surface area (Å²) in [6.45, 7) is 22.8. The molecule has 0 radical (unpaired) electrons. The number of hydrogen-bond donors (Lipinski definition) is 0. The van der Waals surface area contributed by atoms with Crippen LogP contribution in [0.1, 0.15) is 100 Å². The summed E-state index contributed by atoms with van der Waals surface area (Å²) in [5, 5.41) is 0. The fourth-order valence-corrected chi connectivity index (χ4v) is 6.18. The number of ether oxygens (including phenoxy) is 1. The van der Waals surface area contributed by atoms with Crippen LogP contribution in [-0.2, 0) is 16.8 Å². The molecule has 0 atom stereocenters. The van der Waals surface area contributed by atoms with E-state index in [0.717, 1.165) is 12.6 Å². The fraction of sp³-hybridized carbons (Fsp3) is 0.714. The minimum Gasteiger partial charge on any atom is -0.395 e. The number of hydrogen-bond acceptors (Lipinski definition) is 4. The van der Waals surface area contributed by atoms with Crippen LogP contribution in [0.5, 0.6) is 0 Å². The summed E-state index contributed by atoms with van der Waals surface area (Å²) in [5.74, 6) is 2.76. The first kappa shape index (κ1) is 29.7. The molecule has 0 bridgehead atoms. The van der Waals surface area contributed by atoms with E-state index in [2.05, 4.69) is 86.3 Å². The molecule has 1 aromatic heterocycles. The lowest BCUT2D eigenvalue weighted by molar-refractivity contribution is 0.159. The van der Waals surface area contributed by atoms with Gasteiger partial charge in [0.05, 0.1) is 0 Å². The molecular formula is C28H47O4P. The molecule has 0 aliphatic heterocycles. The van der Waals surface area contributed by atoms with E-state index < -0.39 is 11.2 Å². The van der Waals surface area contributed by atoms with Crippen LogP contribution < -0.4 is 5.82 Å². The Kier molecular flexibility index (Phi) is 10.6. The molecule has 0 saturated heterocycles. The lowest BCUT2D eigenvalue weighted by Crippen LogP contribution is -2.29. The first-order chi connectivity index (χ1) is 15.1. The zero-order valence-corrected chi connectivity index (χ0v) is 23.8. The zero-order valence-electron chi connectivity index (χ0n) is 22.9. The van der Waals surface area contributed by atoms with Crippen molar-refractivity contribution >= 4 is 14.0 Å². The van der Waals surface area contributed by atoms with E-state index >= 15 is 0 Å². The third kappa shape index (κ3) is 9.41. The minimum atomic E-state index is -0.671. The van der Waals surface area contributed by atoms with E-state index in [1.807, 2.05) is 6.92 Å². The molecule has 0 saturated carbocycles. The van der Waals surface area contributed by atoms with Gasteiger partial charge >= 0.3 is 5.82 Å². The van der Waals surface area contributed by atoms with Crippen molar-refractivity contribution in [3.05, 3.63) is 45.9 Å². The molecule has 0 aliphatic rings. The fourth-order valence-electron chi connectivity index (χ4n) is 4.85. The summed E-state index contributed by atoms with van der Waals surface area (Å²) in [4.78, 5) is 11.8. The van der Waals surface area contributed by atoms with Gasteiger partial charge in [0.25, 0.3) is 0 Å². The summed E-state index contributed by atoms with van der Waals surface area (Å²) in [7, 11) is 2.91. The van der Waals surface area contributed by atoms with Crippen LogP contribution in [0.4, 0.5) is 0 Å². The van der Waals surface area contributed by atoms with E-state index in [1.54, 1.807) is 7.11 Å². The molecule has 0 aliphatic carbocycles. The molecular weight excluding hydrogens is 431 g/mol. The molecule has 4 nitrogen and oxygen atoms in total. The molecule has 0 N–H and O–H groups in total. The second-order valence-corrected chi connectivity index (χ2v) is 13.0. The van der Waals surface area contributed by atoms with E-state index in [-0.39, 0.29) is 17.4 Å². The number of rotatable bonds is 13. The van der Waals surface area contributed by atoms with Crippen LogP contribution in [0.2, 0.25) is 0 Å². The van der Waals surface area contributed by atoms with E-state index in [0.29, 0.717) is 16.9 Å². The third-order valence-corrected chi connectivity index (χ3v) is 7.83. The number of methoxy groups -OCH3 is 1. The Morgan fingerprint density at radius 2 is 1.64 bits per heavy atom. The Labute approximate surface area is 203 Å². The highest BCUT2D eigenvalue weighted by Gasteiger charge is 2.37. The lowest BCUT2D eigenvalue weighted by atomic mass is 9.70. The van der Waals surface area contributed by atoms with E-state index in [9.17, 15) is 4.79 Å². The van der Waals surface area contributed by atoms with Gasteiger partial charge in [-0.05, 0) is 53.5 Å². The molecule has 5 heteroatoms. The van der Waals surface area contributed by atoms with Gasteiger partial charge in [-0.1, -0.05) is 87.0 Å². The number of allylic oxidation sites excluding steroid dienone is 4. The molecule has 33 heavy (non-hydrogen) atoms. The van der Waals surface area contributed by atoms with Crippen molar-refractivity contribution in [3.8, 4) is 0 Å². The normalized spacial score (nSPS) is 14.7. The Balaban J connectivity index is 3.16.